The third kappa shape index (κ3) is 3.66. The maximum Gasteiger partial charge on any atom is 0.128 e. The lowest BCUT2D eigenvalue weighted by Crippen LogP contribution is -2.34. The molecule has 1 aliphatic heterocycles. The highest BCUT2D eigenvalue weighted by molar-refractivity contribution is 7.08. The van der Waals surface area contributed by atoms with Crippen molar-refractivity contribution in [2.75, 3.05) is 24.5 Å². The molecule has 1 aliphatic rings. The van der Waals surface area contributed by atoms with E-state index in [1.165, 1.54) is 12.8 Å². The van der Waals surface area contributed by atoms with E-state index in [0.29, 0.717) is 13.1 Å². The summed E-state index contributed by atoms with van der Waals surface area (Å²) >= 11 is 1.61. The summed E-state index contributed by atoms with van der Waals surface area (Å²) in [5, 5.41) is 17.8. The second-order valence-electron chi connectivity index (χ2n) is 6.11. The molecule has 1 saturated heterocycles. The van der Waals surface area contributed by atoms with Gasteiger partial charge in [-0.3, -0.25) is 0 Å². The van der Waals surface area contributed by atoms with Crippen molar-refractivity contribution in [1.29, 1.82) is 0 Å². The van der Waals surface area contributed by atoms with Crippen LogP contribution in [0.2, 0.25) is 0 Å². The molecule has 2 aromatic heterocycles. The van der Waals surface area contributed by atoms with Crippen LogP contribution in [0, 0.1) is 0 Å². The number of nitrogens with one attached hydrogen (secondary N) is 1. The molecule has 3 heterocycles. The minimum absolute atomic E-state index is 0.525. The average molecular weight is 317 g/mol. The molecule has 22 heavy (non-hydrogen) atoms. The van der Waals surface area contributed by atoms with E-state index in [0.717, 1.165) is 30.0 Å². The Morgan fingerprint density at radius 3 is 2.77 bits per heavy atom. The van der Waals surface area contributed by atoms with E-state index < -0.39 is 5.60 Å². The first-order valence-corrected chi connectivity index (χ1v) is 8.75. The zero-order chi connectivity index (χ0) is 15.4. The second-order valence-corrected chi connectivity index (χ2v) is 6.89. The van der Waals surface area contributed by atoms with Crippen molar-refractivity contribution in [1.82, 2.24) is 10.3 Å². The van der Waals surface area contributed by atoms with Gasteiger partial charge in [-0.1, -0.05) is 6.07 Å². The summed E-state index contributed by atoms with van der Waals surface area (Å²) in [4.78, 5) is 6.88. The molecule has 0 bridgehead atoms. The van der Waals surface area contributed by atoms with Gasteiger partial charge in [-0.2, -0.15) is 11.3 Å². The maximum absolute atomic E-state index is 10.5. The molecule has 0 amide bonds. The molecule has 0 aliphatic carbocycles. The molecule has 4 nitrogen and oxygen atoms in total. The lowest BCUT2D eigenvalue weighted by Gasteiger charge is -2.23. The third-order valence-electron chi connectivity index (χ3n) is 4.18. The predicted molar refractivity (Wildman–Crippen MR) is 91.3 cm³/mol. The van der Waals surface area contributed by atoms with Gasteiger partial charge in [-0.25, -0.2) is 4.98 Å². The van der Waals surface area contributed by atoms with E-state index in [2.05, 4.69) is 27.3 Å². The number of hydrogen-bond acceptors (Lipinski definition) is 5. The van der Waals surface area contributed by atoms with Crippen molar-refractivity contribution >= 4 is 17.2 Å². The van der Waals surface area contributed by atoms with Gasteiger partial charge in [0.15, 0.2) is 0 Å². The van der Waals surface area contributed by atoms with Crippen LogP contribution in [0.4, 0.5) is 5.82 Å². The molecule has 0 aromatic carbocycles. The molecule has 0 spiro atoms. The number of rotatable bonds is 6. The minimum atomic E-state index is -0.830. The standard InChI is InChI=1S/C17H23N3OS/c1-17(21,15-6-9-22-12-15)13-18-10-14-4-5-16(19-11-14)20-7-2-3-8-20/h4-6,9,11-12,18,21H,2-3,7-8,10,13H2,1H3. The molecule has 118 valence electrons. The Morgan fingerprint density at radius 2 is 2.14 bits per heavy atom. The van der Waals surface area contributed by atoms with Crippen molar-refractivity contribution in [3.8, 4) is 0 Å². The van der Waals surface area contributed by atoms with E-state index in [9.17, 15) is 5.11 Å². The molecule has 3 rings (SSSR count). The monoisotopic (exact) mass is 317 g/mol. The SMILES string of the molecule is CC(O)(CNCc1ccc(N2CCCC2)nc1)c1ccsc1. The zero-order valence-corrected chi connectivity index (χ0v) is 13.8. The zero-order valence-electron chi connectivity index (χ0n) is 13.0. The molecule has 1 unspecified atom stereocenters. The molecule has 0 saturated carbocycles. The number of hydrogen-bond donors (Lipinski definition) is 2. The number of aliphatic hydroxyl groups is 1. The first kappa shape index (κ1) is 15.5. The fraction of sp³-hybridized carbons (Fsp3) is 0.471. The highest BCUT2D eigenvalue weighted by atomic mass is 32.1. The fourth-order valence-corrected chi connectivity index (χ4v) is 3.56. The summed E-state index contributed by atoms with van der Waals surface area (Å²) < 4.78 is 0. The molecule has 2 aromatic rings. The number of pyridine rings is 1. The van der Waals surface area contributed by atoms with Gasteiger partial charge in [0.05, 0.1) is 5.60 Å². The number of anilines is 1. The summed E-state index contributed by atoms with van der Waals surface area (Å²) in [6.07, 6.45) is 4.46. The Balaban J connectivity index is 1.51. The highest BCUT2D eigenvalue weighted by Crippen LogP contribution is 2.22. The number of nitrogens with zero attached hydrogens (tertiary/aromatic N) is 2. The van der Waals surface area contributed by atoms with Crippen LogP contribution < -0.4 is 10.2 Å². The summed E-state index contributed by atoms with van der Waals surface area (Å²) in [6.45, 7) is 5.32. The quantitative estimate of drug-likeness (QED) is 0.860. The number of thiophene rings is 1. The van der Waals surface area contributed by atoms with Crippen molar-refractivity contribution in [3.05, 3.63) is 46.3 Å². The predicted octanol–water partition coefficient (Wildman–Crippen LogP) is 2.74. The largest absolute Gasteiger partial charge is 0.384 e. The maximum atomic E-state index is 10.5. The van der Waals surface area contributed by atoms with Crippen LogP contribution in [0.3, 0.4) is 0 Å². The second kappa shape index (κ2) is 6.77. The van der Waals surface area contributed by atoms with Gasteiger partial charge in [0.2, 0.25) is 0 Å². The molecular formula is C17H23N3OS. The summed E-state index contributed by atoms with van der Waals surface area (Å²) in [5.41, 5.74) is 1.28. The minimum Gasteiger partial charge on any atom is -0.384 e. The van der Waals surface area contributed by atoms with E-state index in [1.54, 1.807) is 11.3 Å². The Labute approximate surface area is 135 Å². The van der Waals surface area contributed by atoms with Crippen LogP contribution in [0.5, 0.6) is 0 Å². The van der Waals surface area contributed by atoms with Crippen LogP contribution in [0.25, 0.3) is 0 Å². The van der Waals surface area contributed by atoms with Crippen molar-refractivity contribution < 1.29 is 5.11 Å². The van der Waals surface area contributed by atoms with Gasteiger partial charge in [0, 0.05) is 32.4 Å². The first-order chi connectivity index (χ1) is 10.6. The summed E-state index contributed by atoms with van der Waals surface area (Å²) in [7, 11) is 0. The van der Waals surface area contributed by atoms with Crippen molar-refractivity contribution in [2.24, 2.45) is 0 Å². The van der Waals surface area contributed by atoms with Gasteiger partial charge < -0.3 is 15.3 Å². The van der Waals surface area contributed by atoms with Crippen LogP contribution in [0.1, 0.15) is 30.9 Å². The van der Waals surface area contributed by atoms with Gasteiger partial charge >= 0.3 is 0 Å². The van der Waals surface area contributed by atoms with E-state index >= 15 is 0 Å². The lowest BCUT2D eigenvalue weighted by molar-refractivity contribution is 0.0571. The van der Waals surface area contributed by atoms with E-state index in [4.69, 9.17) is 0 Å². The molecule has 5 heteroatoms. The Hall–Kier alpha value is -1.43. The Bertz CT molecular complexity index is 574. The smallest absolute Gasteiger partial charge is 0.128 e. The molecular weight excluding hydrogens is 294 g/mol. The van der Waals surface area contributed by atoms with Gasteiger partial charge in [-0.05, 0) is 53.8 Å². The van der Waals surface area contributed by atoms with Crippen LogP contribution in [-0.4, -0.2) is 29.7 Å². The molecule has 1 atom stereocenters. The van der Waals surface area contributed by atoms with Crippen LogP contribution in [-0.2, 0) is 12.1 Å². The Morgan fingerprint density at radius 1 is 1.32 bits per heavy atom. The van der Waals surface area contributed by atoms with Crippen molar-refractivity contribution in [2.45, 2.75) is 31.9 Å². The third-order valence-corrected chi connectivity index (χ3v) is 4.86. The summed E-state index contributed by atoms with van der Waals surface area (Å²) in [5.74, 6) is 1.08. The normalized spacial score (nSPS) is 17.6. The number of aromatic nitrogens is 1. The highest BCUT2D eigenvalue weighted by Gasteiger charge is 2.22. The van der Waals surface area contributed by atoms with Gasteiger partial charge in [-0.15, -0.1) is 0 Å². The molecule has 2 N–H and O–H groups in total. The molecule has 0 radical (unpaired) electrons. The molecule has 1 fully saturated rings. The topological polar surface area (TPSA) is 48.4 Å². The first-order valence-electron chi connectivity index (χ1n) is 7.81. The van der Waals surface area contributed by atoms with Crippen molar-refractivity contribution in [3.63, 3.8) is 0 Å². The van der Waals surface area contributed by atoms with E-state index in [-0.39, 0.29) is 0 Å². The van der Waals surface area contributed by atoms with Gasteiger partial charge in [0.25, 0.3) is 0 Å². The summed E-state index contributed by atoms with van der Waals surface area (Å²) in [6, 6.07) is 6.19. The average Bonchev–Trinajstić information content (AvgIpc) is 3.22. The van der Waals surface area contributed by atoms with Crippen LogP contribution >= 0.6 is 11.3 Å². The fourth-order valence-electron chi connectivity index (χ4n) is 2.78. The van der Waals surface area contributed by atoms with E-state index in [1.807, 2.05) is 29.9 Å². The van der Waals surface area contributed by atoms with Crippen LogP contribution in [0.15, 0.2) is 35.2 Å². The Kier molecular flexibility index (Phi) is 4.76. The van der Waals surface area contributed by atoms with Gasteiger partial charge in [0.1, 0.15) is 5.82 Å². The lowest BCUT2D eigenvalue weighted by atomic mass is 9.99.